The maximum atomic E-state index is 4.02. The molecule has 0 aliphatic heterocycles. The van der Waals surface area contributed by atoms with E-state index in [9.17, 15) is 0 Å². The van der Waals surface area contributed by atoms with Crippen LogP contribution in [0.3, 0.4) is 0 Å². The molecule has 1 aromatic rings. The molecule has 0 unspecified atom stereocenters. The Morgan fingerprint density at radius 2 is 2.22 bits per heavy atom. The third kappa shape index (κ3) is 0.874. The van der Waals surface area contributed by atoms with Gasteiger partial charge in [0, 0.05) is 4.88 Å². The molecule has 1 nitrogen and oxygen atoms in total. The highest BCUT2D eigenvalue weighted by molar-refractivity contribution is 7.05. The van der Waals surface area contributed by atoms with Crippen LogP contribution < -0.4 is 0 Å². The van der Waals surface area contributed by atoms with Crippen LogP contribution in [0.15, 0.2) is 0 Å². The van der Waals surface area contributed by atoms with Crippen LogP contribution in [0.4, 0.5) is 0 Å². The van der Waals surface area contributed by atoms with Crippen LogP contribution in [0.5, 0.6) is 0 Å². The highest BCUT2D eigenvalue weighted by Gasteiger charge is 2.10. The van der Waals surface area contributed by atoms with Gasteiger partial charge < -0.3 is 0 Å². The van der Waals surface area contributed by atoms with Gasteiger partial charge in [0.1, 0.15) is 6.20 Å². The molecule has 0 bridgehead atoms. The number of hydrogen-bond donors (Lipinski definition) is 0. The van der Waals surface area contributed by atoms with Crippen molar-refractivity contribution in [2.45, 2.75) is 25.7 Å². The molecule has 2 rings (SSSR count). The molecule has 0 spiro atoms. The average molecular weight is 138 g/mol. The van der Waals surface area contributed by atoms with Crippen molar-refractivity contribution < 1.29 is 0 Å². The predicted octanol–water partition coefficient (Wildman–Crippen LogP) is 1.82. The summed E-state index contributed by atoms with van der Waals surface area (Å²) in [6.07, 6.45) is 8.17. The number of aryl methyl sites for hydroxylation is 2. The number of hydrogen-bond acceptors (Lipinski definition) is 2. The number of fused-ring (bicyclic) bond motifs is 1. The second kappa shape index (κ2) is 2.10. The molecule has 0 fully saturated rings. The van der Waals surface area contributed by atoms with Crippen molar-refractivity contribution in [3.05, 3.63) is 16.6 Å². The monoisotopic (exact) mass is 138 g/mol. The van der Waals surface area contributed by atoms with E-state index in [2.05, 4.69) is 10.6 Å². The Hall–Kier alpha value is -0.370. The van der Waals surface area contributed by atoms with Gasteiger partial charge in [0.05, 0.1) is 0 Å². The minimum atomic E-state index is 1.21. The predicted molar refractivity (Wildman–Crippen MR) is 37.6 cm³/mol. The lowest BCUT2D eigenvalue weighted by Crippen LogP contribution is -1.96. The lowest BCUT2D eigenvalue weighted by atomic mass is 10.0. The van der Waals surface area contributed by atoms with Crippen molar-refractivity contribution in [3.8, 4) is 0 Å². The maximum Gasteiger partial charge on any atom is 0.107 e. The molecule has 1 aliphatic rings. The van der Waals surface area contributed by atoms with E-state index in [1.807, 2.05) is 0 Å². The van der Waals surface area contributed by atoms with Gasteiger partial charge in [0.25, 0.3) is 0 Å². The summed E-state index contributed by atoms with van der Waals surface area (Å²) in [6.45, 7) is 0. The topological polar surface area (TPSA) is 12.9 Å². The summed E-state index contributed by atoms with van der Waals surface area (Å²) in [4.78, 5) is 1.47. The van der Waals surface area contributed by atoms with Crippen LogP contribution in [-0.2, 0) is 12.8 Å². The summed E-state index contributed by atoms with van der Waals surface area (Å²) < 4.78 is 4.02. The van der Waals surface area contributed by atoms with Crippen LogP contribution in [0.25, 0.3) is 0 Å². The Morgan fingerprint density at radius 3 is 3.11 bits per heavy atom. The summed E-state index contributed by atoms with van der Waals surface area (Å²) in [5.41, 5.74) is 1.38. The van der Waals surface area contributed by atoms with Crippen molar-refractivity contribution in [3.63, 3.8) is 0 Å². The van der Waals surface area contributed by atoms with Gasteiger partial charge in [0.15, 0.2) is 0 Å². The molecule has 0 aromatic carbocycles. The van der Waals surface area contributed by atoms with E-state index in [0.29, 0.717) is 0 Å². The second-order valence-corrected chi connectivity index (χ2v) is 3.26. The number of nitrogens with zero attached hydrogens (tertiary/aromatic N) is 1. The highest BCUT2D eigenvalue weighted by Crippen LogP contribution is 2.22. The van der Waals surface area contributed by atoms with E-state index >= 15 is 0 Å². The van der Waals surface area contributed by atoms with Gasteiger partial charge >= 0.3 is 0 Å². The maximum absolute atomic E-state index is 4.02. The Morgan fingerprint density at radius 1 is 1.33 bits per heavy atom. The first kappa shape index (κ1) is 5.42. The Labute approximate surface area is 58.9 Å². The van der Waals surface area contributed by atoms with Gasteiger partial charge in [-0.25, -0.2) is 0 Å². The number of aromatic nitrogens is 1. The molecule has 0 amide bonds. The van der Waals surface area contributed by atoms with E-state index in [1.54, 1.807) is 11.5 Å². The summed E-state index contributed by atoms with van der Waals surface area (Å²) >= 11 is 1.62. The first-order valence-electron chi connectivity index (χ1n) is 3.32. The van der Waals surface area contributed by atoms with Crippen molar-refractivity contribution in [1.29, 1.82) is 0 Å². The third-order valence-corrected chi connectivity index (χ3v) is 2.61. The molecule has 47 valence electrons. The van der Waals surface area contributed by atoms with Crippen LogP contribution >= 0.6 is 11.5 Å². The molecule has 1 heterocycles. The van der Waals surface area contributed by atoms with Crippen molar-refractivity contribution in [2.75, 3.05) is 0 Å². The molecule has 9 heavy (non-hydrogen) atoms. The van der Waals surface area contributed by atoms with Crippen molar-refractivity contribution in [2.24, 2.45) is 0 Å². The van der Waals surface area contributed by atoms with Gasteiger partial charge in [-0.1, -0.05) is 0 Å². The molecule has 0 saturated heterocycles. The summed E-state index contributed by atoms with van der Waals surface area (Å²) in [6, 6.07) is 0. The van der Waals surface area contributed by atoms with Crippen LogP contribution in [-0.4, -0.2) is 4.37 Å². The third-order valence-electron chi connectivity index (χ3n) is 1.75. The van der Waals surface area contributed by atoms with Gasteiger partial charge in [-0.05, 0) is 42.8 Å². The minimum Gasteiger partial charge on any atom is -0.190 e. The zero-order chi connectivity index (χ0) is 6.10. The normalized spacial score (nSPS) is 17.3. The molecule has 0 atom stereocenters. The minimum absolute atomic E-state index is 1.21. The molecule has 1 aromatic heterocycles. The molecular formula is C7H8NS. The van der Waals surface area contributed by atoms with Gasteiger partial charge in [-0.15, -0.1) is 0 Å². The van der Waals surface area contributed by atoms with E-state index in [4.69, 9.17) is 0 Å². The first-order chi connectivity index (χ1) is 4.47. The van der Waals surface area contributed by atoms with Gasteiger partial charge in [-0.3, -0.25) is 0 Å². The fourth-order valence-electron chi connectivity index (χ4n) is 1.23. The Bertz CT molecular complexity index is 184. The van der Waals surface area contributed by atoms with Crippen molar-refractivity contribution in [1.82, 2.24) is 4.37 Å². The largest absolute Gasteiger partial charge is 0.190 e. The molecule has 1 radical (unpaired) electrons. The SMILES string of the molecule is [c]1nsc2c1CCCC2. The van der Waals surface area contributed by atoms with E-state index in [-0.39, 0.29) is 0 Å². The smallest absolute Gasteiger partial charge is 0.107 e. The zero-order valence-electron chi connectivity index (χ0n) is 5.18. The summed E-state index contributed by atoms with van der Waals surface area (Å²) in [5.74, 6) is 0. The molecule has 1 aliphatic carbocycles. The van der Waals surface area contributed by atoms with E-state index < -0.39 is 0 Å². The first-order valence-corrected chi connectivity index (χ1v) is 4.09. The summed E-state index contributed by atoms with van der Waals surface area (Å²) in [5, 5.41) is 0. The van der Waals surface area contributed by atoms with Crippen LogP contribution in [0.1, 0.15) is 23.3 Å². The fraction of sp³-hybridized carbons (Fsp3) is 0.571. The second-order valence-electron chi connectivity index (χ2n) is 2.40. The lowest BCUT2D eigenvalue weighted by molar-refractivity contribution is 0.696. The van der Waals surface area contributed by atoms with E-state index in [0.717, 1.165) is 0 Å². The molecule has 0 N–H and O–H groups in total. The van der Waals surface area contributed by atoms with Crippen LogP contribution in [0, 0.1) is 6.20 Å². The van der Waals surface area contributed by atoms with E-state index in [1.165, 1.54) is 36.1 Å². The number of rotatable bonds is 0. The standard InChI is InChI=1S/C7H8NS/c1-2-4-7-6(3-1)5-8-9-7/h1-4H2. The molecular weight excluding hydrogens is 130 g/mol. The zero-order valence-corrected chi connectivity index (χ0v) is 6.00. The Balaban J connectivity index is 2.39. The molecule has 0 saturated carbocycles. The fourth-order valence-corrected chi connectivity index (χ4v) is 1.99. The van der Waals surface area contributed by atoms with Gasteiger partial charge in [0.2, 0.25) is 0 Å². The van der Waals surface area contributed by atoms with Crippen molar-refractivity contribution >= 4 is 11.5 Å². The highest BCUT2D eigenvalue weighted by atomic mass is 32.1. The quantitative estimate of drug-likeness (QED) is 0.533. The van der Waals surface area contributed by atoms with Gasteiger partial charge in [-0.2, -0.15) is 4.37 Å². The van der Waals surface area contributed by atoms with Crippen LogP contribution in [0.2, 0.25) is 0 Å². The summed E-state index contributed by atoms with van der Waals surface area (Å²) in [7, 11) is 0. The molecule has 2 heteroatoms. The Kier molecular flexibility index (Phi) is 1.27. The lowest BCUT2D eigenvalue weighted by Gasteiger charge is -2.06. The average Bonchev–Trinajstić information content (AvgIpc) is 2.33.